The van der Waals surface area contributed by atoms with Crippen LogP contribution in [0, 0.1) is 0 Å². The third-order valence-electron chi connectivity index (χ3n) is 6.63. The summed E-state index contributed by atoms with van der Waals surface area (Å²) in [7, 11) is 5.86. The van der Waals surface area contributed by atoms with E-state index in [1.165, 1.54) is 36.9 Å². The van der Waals surface area contributed by atoms with Crippen LogP contribution in [-0.2, 0) is 12.8 Å². The number of methoxy groups -OCH3 is 2. The molecule has 0 saturated carbocycles. The van der Waals surface area contributed by atoms with Crippen LogP contribution in [0.3, 0.4) is 0 Å². The Morgan fingerprint density at radius 3 is 1.74 bits per heavy atom. The molecular weight excluding hydrogens is 431 g/mol. The molecular formula is C25H38Cl2N2O2. The lowest BCUT2D eigenvalue weighted by Gasteiger charge is -2.46. The number of halogens is 2. The number of nitrogens with zero attached hydrogens (tertiary/aromatic N) is 1. The van der Waals surface area contributed by atoms with E-state index in [9.17, 15) is 0 Å². The first-order valence-electron chi connectivity index (χ1n) is 10.9. The fourth-order valence-corrected chi connectivity index (χ4v) is 4.78. The summed E-state index contributed by atoms with van der Waals surface area (Å²) in [6.07, 6.45) is 6.97. The molecule has 0 radical (unpaired) electrons. The van der Waals surface area contributed by atoms with Crippen LogP contribution in [0.4, 0.5) is 0 Å². The summed E-state index contributed by atoms with van der Waals surface area (Å²) in [6, 6.07) is 18.0. The van der Waals surface area contributed by atoms with Crippen molar-refractivity contribution in [2.75, 3.05) is 34.4 Å². The molecule has 2 atom stereocenters. The molecule has 2 N–H and O–H groups in total. The highest BCUT2D eigenvalue weighted by molar-refractivity contribution is 5.85. The Morgan fingerprint density at radius 1 is 0.903 bits per heavy atom. The maximum absolute atomic E-state index is 6.38. The molecule has 31 heavy (non-hydrogen) atoms. The Hall–Kier alpha value is -1.46. The molecule has 174 valence electrons. The van der Waals surface area contributed by atoms with E-state index in [0.29, 0.717) is 12.1 Å². The quantitative estimate of drug-likeness (QED) is 0.568. The number of aryl methyl sites for hydroxylation is 2. The van der Waals surface area contributed by atoms with E-state index < -0.39 is 0 Å². The number of likely N-dealkylation sites (tertiary alicyclic amines) is 1. The van der Waals surface area contributed by atoms with Gasteiger partial charge in [0.15, 0.2) is 0 Å². The number of likely N-dealkylation sites (N-methyl/N-ethyl adjacent to an activating group) is 1. The molecule has 1 saturated heterocycles. The van der Waals surface area contributed by atoms with E-state index in [0.717, 1.165) is 41.8 Å². The molecule has 1 heterocycles. The first-order chi connectivity index (χ1) is 14.0. The number of quaternary nitrogens is 1. The Labute approximate surface area is 200 Å². The Balaban J connectivity index is 0.00000240. The minimum Gasteiger partial charge on any atom is -1.00 e. The van der Waals surface area contributed by atoms with E-state index in [1.807, 2.05) is 0 Å². The van der Waals surface area contributed by atoms with Crippen LogP contribution < -0.4 is 27.6 Å². The summed E-state index contributed by atoms with van der Waals surface area (Å²) < 4.78 is 11.7. The van der Waals surface area contributed by atoms with Gasteiger partial charge in [-0.1, -0.05) is 24.3 Å². The molecule has 2 aromatic rings. The third-order valence-corrected chi connectivity index (χ3v) is 6.63. The summed E-state index contributed by atoms with van der Waals surface area (Å²) >= 11 is 0. The molecule has 0 spiro atoms. The Kier molecular flexibility index (Phi) is 11.7. The van der Waals surface area contributed by atoms with E-state index in [-0.39, 0.29) is 24.8 Å². The number of benzene rings is 2. The highest BCUT2D eigenvalue weighted by Crippen LogP contribution is 2.27. The zero-order valence-electron chi connectivity index (χ0n) is 19.1. The zero-order valence-corrected chi connectivity index (χ0v) is 20.6. The second kappa shape index (κ2) is 13.2. The number of rotatable bonds is 9. The van der Waals surface area contributed by atoms with Crippen LogP contribution in [0.15, 0.2) is 48.5 Å². The second-order valence-electron chi connectivity index (χ2n) is 8.72. The minimum absolute atomic E-state index is 0. The summed E-state index contributed by atoms with van der Waals surface area (Å²) in [6.45, 7) is 2.33. The van der Waals surface area contributed by atoms with Gasteiger partial charge in [0.2, 0.25) is 0 Å². The highest BCUT2D eigenvalue weighted by atomic mass is 35.5. The van der Waals surface area contributed by atoms with Crippen LogP contribution in [0.25, 0.3) is 0 Å². The van der Waals surface area contributed by atoms with Crippen LogP contribution in [-0.4, -0.2) is 50.9 Å². The number of hydrogen-bond donors (Lipinski definition) is 1. The monoisotopic (exact) mass is 468 g/mol. The molecule has 6 heteroatoms. The molecule has 0 aromatic heterocycles. The Morgan fingerprint density at radius 2 is 1.35 bits per heavy atom. The van der Waals surface area contributed by atoms with Gasteiger partial charge in [-0.25, -0.2) is 0 Å². The average Bonchev–Trinajstić information content (AvgIpc) is 2.74. The van der Waals surface area contributed by atoms with Gasteiger partial charge in [0.05, 0.1) is 46.4 Å². The van der Waals surface area contributed by atoms with Crippen LogP contribution in [0.5, 0.6) is 11.5 Å². The van der Waals surface area contributed by atoms with Crippen molar-refractivity contribution >= 4 is 12.4 Å². The molecule has 0 bridgehead atoms. The van der Waals surface area contributed by atoms with Crippen LogP contribution >= 0.6 is 12.4 Å². The largest absolute Gasteiger partial charge is 1.00 e. The average molecular weight is 469 g/mol. The molecule has 1 aliphatic rings. The van der Waals surface area contributed by atoms with Gasteiger partial charge in [-0.05, 0) is 61.1 Å². The summed E-state index contributed by atoms with van der Waals surface area (Å²) in [5.74, 6) is 1.84. The van der Waals surface area contributed by atoms with Crippen molar-refractivity contribution in [2.45, 2.75) is 50.6 Å². The summed E-state index contributed by atoms with van der Waals surface area (Å²) in [5.41, 5.74) is 9.15. The fourth-order valence-electron chi connectivity index (χ4n) is 4.78. The van der Waals surface area contributed by atoms with Crippen LogP contribution in [0.1, 0.15) is 36.8 Å². The highest BCUT2D eigenvalue weighted by Gasteiger charge is 2.36. The lowest BCUT2D eigenvalue weighted by Crippen LogP contribution is -3.00. The molecule has 0 amide bonds. The van der Waals surface area contributed by atoms with Gasteiger partial charge < -0.3 is 32.1 Å². The lowest BCUT2D eigenvalue weighted by molar-refractivity contribution is -0.939. The van der Waals surface area contributed by atoms with Gasteiger partial charge in [0.1, 0.15) is 11.5 Å². The maximum Gasteiger partial charge on any atom is 0.118 e. The van der Waals surface area contributed by atoms with Crippen molar-refractivity contribution in [3.63, 3.8) is 0 Å². The smallest absolute Gasteiger partial charge is 0.118 e. The van der Waals surface area contributed by atoms with Crippen molar-refractivity contribution < 1.29 is 26.4 Å². The number of nitrogens with two attached hydrogens (primary N) is 1. The van der Waals surface area contributed by atoms with Crippen molar-refractivity contribution in [1.29, 1.82) is 0 Å². The standard InChI is InChI=1S/C25H37N2O2.2ClH/c1-27(18-4-5-22(26)19-27)23(12-6-20-8-14-24(28-2)15-9-20)13-7-21-10-16-25(29-3)17-11-21;;/h8-11,14-17,22-23H,4-7,12-13,18-19,26H2,1-3H3;2*1H/q+1;;/p-1/t22-,27?;;/m0../s1. The third kappa shape index (κ3) is 7.87. The van der Waals surface area contributed by atoms with Gasteiger partial charge in [0, 0.05) is 12.8 Å². The number of hydrogen-bond acceptors (Lipinski definition) is 3. The minimum atomic E-state index is 0. The molecule has 0 aliphatic carbocycles. The van der Waals surface area contributed by atoms with E-state index >= 15 is 0 Å². The molecule has 4 nitrogen and oxygen atoms in total. The molecule has 3 rings (SSSR count). The van der Waals surface area contributed by atoms with Crippen molar-refractivity contribution in [3.8, 4) is 11.5 Å². The van der Waals surface area contributed by atoms with Crippen molar-refractivity contribution in [1.82, 2.24) is 0 Å². The second-order valence-corrected chi connectivity index (χ2v) is 8.72. The first-order valence-corrected chi connectivity index (χ1v) is 10.9. The van der Waals surface area contributed by atoms with Gasteiger partial charge in [0.25, 0.3) is 0 Å². The SMILES string of the molecule is COc1ccc(CCC(CCc2ccc(OC)cc2)[N+]2(C)CCC[C@H](N)C2)cc1.Cl.[Cl-]. The van der Waals surface area contributed by atoms with E-state index in [4.69, 9.17) is 15.2 Å². The van der Waals surface area contributed by atoms with Gasteiger partial charge in [-0.15, -0.1) is 12.4 Å². The van der Waals surface area contributed by atoms with Gasteiger partial charge >= 0.3 is 0 Å². The Bertz CT molecular complexity index is 704. The predicted octanol–water partition coefficient (Wildman–Crippen LogP) is 1.63. The van der Waals surface area contributed by atoms with E-state index in [2.05, 4.69) is 55.6 Å². The van der Waals surface area contributed by atoms with Crippen molar-refractivity contribution in [3.05, 3.63) is 59.7 Å². The van der Waals surface area contributed by atoms with Crippen molar-refractivity contribution in [2.24, 2.45) is 5.73 Å². The summed E-state index contributed by atoms with van der Waals surface area (Å²) in [5, 5.41) is 0. The van der Waals surface area contributed by atoms with Crippen LogP contribution in [0.2, 0.25) is 0 Å². The molecule has 1 fully saturated rings. The zero-order chi connectivity index (χ0) is 20.7. The number of piperidine rings is 1. The predicted molar refractivity (Wildman–Crippen MR) is 127 cm³/mol. The molecule has 2 aromatic carbocycles. The normalized spacial score (nSPS) is 20.5. The fraction of sp³-hybridized carbons (Fsp3) is 0.520. The maximum atomic E-state index is 6.38. The summed E-state index contributed by atoms with van der Waals surface area (Å²) in [4.78, 5) is 0. The van der Waals surface area contributed by atoms with E-state index in [1.54, 1.807) is 14.2 Å². The topological polar surface area (TPSA) is 44.5 Å². The lowest BCUT2D eigenvalue weighted by atomic mass is 9.92. The first kappa shape index (κ1) is 27.6. The number of ether oxygens (including phenoxy) is 2. The molecule has 1 aliphatic heterocycles. The van der Waals surface area contributed by atoms with Gasteiger partial charge in [-0.3, -0.25) is 0 Å². The van der Waals surface area contributed by atoms with Gasteiger partial charge in [-0.2, -0.15) is 0 Å². The molecule has 1 unspecified atom stereocenters.